The Morgan fingerprint density at radius 3 is 2.61 bits per heavy atom. The molecule has 3 N–H and O–H groups in total. The molecule has 1 saturated carbocycles. The third-order valence-corrected chi connectivity index (χ3v) is 4.51. The number of piperidine rings is 1. The van der Waals surface area contributed by atoms with Gasteiger partial charge in [0.15, 0.2) is 0 Å². The second kappa shape index (κ2) is 7.10. The van der Waals surface area contributed by atoms with Crippen LogP contribution in [-0.2, 0) is 4.79 Å². The van der Waals surface area contributed by atoms with E-state index in [-0.39, 0.29) is 18.4 Å². The number of hydrogen-bond donors (Lipinski definition) is 3. The first-order chi connectivity index (χ1) is 8.81. The number of amides is 1. The van der Waals surface area contributed by atoms with E-state index in [1.807, 2.05) is 0 Å². The Bertz CT molecular complexity index is 265. The van der Waals surface area contributed by atoms with Gasteiger partial charge in [-0.15, -0.1) is 0 Å². The predicted molar refractivity (Wildman–Crippen MR) is 71.1 cm³/mol. The molecule has 2 rings (SSSR count). The van der Waals surface area contributed by atoms with Crippen LogP contribution < -0.4 is 10.6 Å². The molecule has 2 unspecified atom stereocenters. The highest BCUT2D eigenvalue weighted by Gasteiger charge is 2.26. The molecule has 0 aromatic heterocycles. The molecule has 0 radical (unpaired) electrons. The van der Waals surface area contributed by atoms with Crippen LogP contribution in [0.4, 0.5) is 0 Å². The molecular weight excluding hydrogens is 228 g/mol. The van der Waals surface area contributed by atoms with Crippen molar-refractivity contribution >= 4 is 5.91 Å². The zero-order chi connectivity index (χ0) is 12.8. The van der Waals surface area contributed by atoms with Gasteiger partial charge in [-0.25, -0.2) is 0 Å². The van der Waals surface area contributed by atoms with Gasteiger partial charge in [0.2, 0.25) is 5.91 Å². The summed E-state index contributed by atoms with van der Waals surface area (Å²) in [6, 6.07) is 0. The fourth-order valence-corrected chi connectivity index (χ4v) is 3.25. The van der Waals surface area contributed by atoms with Crippen LogP contribution in [-0.4, -0.2) is 37.3 Å². The molecule has 4 nitrogen and oxygen atoms in total. The molecule has 4 heteroatoms. The average Bonchev–Trinajstić information content (AvgIpc) is 2.46. The van der Waals surface area contributed by atoms with E-state index < -0.39 is 0 Å². The normalized spacial score (nSPS) is 33.1. The van der Waals surface area contributed by atoms with Gasteiger partial charge in [0.1, 0.15) is 0 Å². The Hall–Kier alpha value is -0.610. The van der Waals surface area contributed by atoms with Crippen molar-refractivity contribution in [1.82, 2.24) is 10.6 Å². The van der Waals surface area contributed by atoms with Crippen LogP contribution in [0.15, 0.2) is 0 Å². The number of aliphatic hydroxyl groups excluding tert-OH is 1. The summed E-state index contributed by atoms with van der Waals surface area (Å²) in [7, 11) is 0. The molecule has 2 fully saturated rings. The maximum atomic E-state index is 12.0. The number of carbonyl (C=O) groups excluding carboxylic acids is 1. The van der Waals surface area contributed by atoms with Gasteiger partial charge in [-0.3, -0.25) is 4.79 Å². The maximum absolute atomic E-state index is 12.0. The first-order valence-corrected chi connectivity index (χ1v) is 7.40. The summed E-state index contributed by atoms with van der Waals surface area (Å²) in [5, 5.41) is 15.7. The van der Waals surface area contributed by atoms with E-state index in [4.69, 9.17) is 0 Å². The molecule has 2 aliphatic rings. The van der Waals surface area contributed by atoms with Gasteiger partial charge in [0.25, 0.3) is 0 Å². The molecule has 104 valence electrons. The summed E-state index contributed by atoms with van der Waals surface area (Å²) in [6.07, 6.45) is 6.83. The van der Waals surface area contributed by atoms with E-state index in [1.54, 1.807) is 0 Å². The molecule has 1 saturated heterocycles. The monoisotopic (exact) mass is 254 g/mol. The second-order valence-corrected chi connectivity index (χ2v) is 5.78. The van der Waals surface area contributed by atoms with Crippen molar-refractivity contribution in [2.24, 2.45) is 17.8 Å². The lowest BCUT2D eigenvalue weighted by molar-refractivity contribution is -0.125. The second-order valence-electron chi connectivity index (χ2n) is 5.78. The molecule has 1 amide bonds. The number of hydrogen-bond acceptors (Lipinski definition) is 3. The first kappa shape index (κ1) is 13.8. The summed E-state index contributed by atoms with van der Waals surface area (Å²) in [4.78, 5) is 12.0. The lowest BCUT2D eigenvalue weighted by atomic mass is 9.79. The Morgan fingerprint density at radius 2 is 1.94 bits per heavy atom. The number of carbonyl (C=O) groups is 1. The van der Waals surface area contributed by atoms with E-state index in [1.165, 1.54) is 12.8 Å². The Labute approximate surface area is 110 Å². The van der Waals surface area contributed by atoms with Crippen LogP contribution in [0.1, 0.15) is 38.5 Å². The van der Waals surface area contributed by atoms with Gasteiger partial charge in [0, 0.05) is 19.7 Å². The van der Waals surface area contributed by atoms with Gasteiger partial charge >= 0.3 is 0 Å². The maximum Gasteiger partial charge on any atom is 0.224 e. The lowest BCUT2D eigenvalue weighted by Gasteiger charge is -2.31. The minimum Gasteiger partial charge on any atom is -0.396 e. The molecule has 1 aliphatic heterocycles. The fraction of sp³-hybridized carbons (Fsp3) is 0.929. The molecular formula is C14H26N2O2. The SMILES string of the molecule is O=C(NCC1CCCCC1CO)[C@@H]1CCCNC1. The van der Waals surface area contributed by atoms with Crippen molar-refractivity contribution in [3.05, 3.63) is 0 Å². The van der Waals surface area contributed by atoms with E-state index in [0.29, 0.717) is 11.8 Å². The van der Waals surface area contributed by atoms with E-state index in [0.717, 1.165) is 45.3 Å². The Kier molecular flexibility index (Phi) is 5.45. The molecule has 0 bridgehead atoms. The lowest BCUT2D eigenvalue weighted by Crippen LogP contribution is -2.43. The quantitative estimate of drug-likeness (QED) is 0.698. The summed E-state index contributed by atoms with van der Waals surface area (Å²) in [5.74, 6) is 1.21. The standard InChI is InChI=1S/C14H26N2O2/c17-10-13-5-2-1-4-11(13)9-16-14(18)12-6-3-7-15-8-12/h11-13,15,17H,1-10H2,(H,16,18)/t11?,12-,13?/m1/s1. The molecule has 0 spiro atoms. The minimum absolute atomic E-state index is 0.148. The molecule has 1 aliphatic carbocycles. The molecule has 0 aromatic rings. The highest BCUT2D eigenvalue weighted by atomic mass is 16.3. The van der Waals surface area contributed by atoms with Crippen LogP contribution in [0, 0.1) is 17.8 Å². The van der Waals surface area contributed by atoms with E-state index in [9.17, 15) is 9.90 Å². The topological polar surface area (TPSA) is 61.4 Å². The van der Waals surface area contributed by atoms with Crippen LogP contribution in [0.3, 0.4) is 0 Å². The zero-order valence-electron chi connectivity index (χ0n) is 11.2. The predicted octanol–water partition coefficient (Wildman–Crippen LogP) is 0.901. The third kappa shape index (κ3) is 3.69. The zero-order valence-corrected chi connectivity index (χ0v) is 11.2. The van der Waals surface area contributed by atoms with Crippen molar-refractivity contribution < 1.29 is 9.90 Å². The highest BCUT2D eigenvalue weighted by molar-refractivity contribution is 5.78. The van der Waals surface area contributed by atoms with Crippen LogP contribution in [0.5, 0.6) is 0 Å². The van der Waals surface area contributed by atoms with Crippen molar-refractivity contribution in [3.63, 3.8) is 0 Å². The summed E-state index contributed by atoms with van der Waals surface area (Å²) >= 11 is 0. The molecule has 18 heavy (non-hydrogen) atoms. The summed E-state index contributed by atoms with van der Waals surface area (Å²) in [6.45, 7) is 2.88. The van der Waals surface area contributed by atoms with Crippen molar-refractivity contribution in [2.45, 2.75) is 38.5 Å². The number of nitrogens with one attached hydrogen (secondary N) is 2. The van der Waals surface area contributed by atoms with E-state index in [2.05, 4.69) is 10.6 Å². The number of aliphatic hydroxyl groups is 1. The molecule has 0 aromatic carbocycles. The largest absolute Gasteiger partial charge is 0.396 e. The van der Waals surface area contributed by atoms with Crippen LogP contribution in [0.25, 0.3) is 0 Å². The smallest absolute Gasteiger partial charge is 0.224 e. The average molecular weight is 254 g/mol. The van der Waals surface area contributed by atoms with Gasteiger partial charge in [-0.1, -0.05) is 12.8 Å². The van der Waals surface area contributed by atoms with Gasteiger partial charge in [0.05, 0.1) is 5.92 Å². The Balaban J connectivity index is 1.73. The van der Waals surface area contributed by atoms with Crippen LogP contribution in [0.2, 0.25) is 0 Å². The van der Waals surface area contributed by atoms with Gasteiger partial charge < -0.3 is 15.7 Å². The highest BCUT2D eigenvalue weighted by Crippen LogP contribution is 2.29. The van der Waals surface area contributed by atoms with Crippen LogP contribution >= 0.6 is 0 Å². The van der Waals surface area contributed by atoms with Gasteiger partial charge in [-0.05, 0) is 44.1 Å². The number of rotatable bonds is 4. The van der Waals surface area contributed by atoms with Crippen molar-refractivity contribution in [1.29, 1.82) is 0 Å². The first-order valence-electron chi connectivity index (χ1n) is 7.40. The molecule has 1 heterocycles. The fourth-order valence-electron chi connectivity index (χ4n) is 3.25. The van der Waals surface area contributed by atoms with E-state index >= 15 is 0 Å². The van der Waals surface area contributed by atoms with Crippen molar-refractivity contribution in [3.8, 4) is 0 Å². The summed E-state index contributed by atoms with van der Waals surface area (Å²) < 4.78 is 0. The Morgan fingerprint density at radius 1 is 1.17 bits per heavy atom. The third-order valence-electron chi connectivity index (χ3n) is 4.51. The van der Waals surface area contributed by atoms with Crippen molar-refractivity contribution in [2.75, 3.05) is 26.2 Å². The van der Waals surface area contributed by atoms with Gasteiger partial charge in [-0.2, -0.15) is 0 Å². The molecule has 3 atom stereocenters. The summed E-state index contributed by atoms with van der Waals surface area (Å²) in [5.41, 5.74) is 0. The minimum atomic E-state index is 0.148.